The minimum atomic E-state index is 0.768. The van der Waals surface area contributed by atoms with Crippen LogP contribution in [0.4, 0.5) is 0 Å². The number of benzene rings is 1. The number of likely N-dealkylation sites (tertiary alicyclic amines) is 1. The van der Waals surface area contributed by atoms with Crippen LogP contribution in [0.15, 0.2) is 30.3 Å². The van der Waals surface area contributed by atoms with Crippen LogP contribution in [0.3, 0.4) is 0 Å². The molecule has 0 aromatic heterocycles. The molecule has 1 aromatic rings. The monoisotopic (exact) mass is 258 g/mol. The van der Waals surface area contributed by atoms with E-state index in [0.717, 1.165) is 17.9 Å². The molecular formula is C17H26N2. The summed E-state index contributed by atoms with van der Waals surface area (Å²) in [6.45, 7) is 3.80. The Bertz CT molecular complexity index is 376. The highest BCUT2D eigenvalue weighted by atomic mass is 15.1. The Morgan fingerprint density at radius 2 is 1.79 bits per heavy atom. The molecule has 0 unspecified atom stereocenters. The van der Waals surface area contributed by atoms with E-state index in [0.29, 0.717) is 0 Å². The van der Waals surface area contributed by atoms with Crippen LogP contribution >= 0.6 is 0 Å². The van der Waals surface area contributed by atoms with Gasteiger partial charge in [-0.25, -0.2) is 0 Å². The van der Waals surface area contributed by atoms with E-state index in [1.54, 1.807) is 0 Å². The molecule has 1 aromatic carbocycles. The lowest BCUT2D eigenvalue weighted by atomic mass is 9.75. The van der Waals surface area contributed by atoms with Crippen LogP contribution in [0.5, 0.6) is 0 Å². The Kier molecular flexibility index (Phi) is 4.19. The molecule has 2 nitrogen and oxygen atoms in total. The fourth-order valence-electron chi connectivity index (χ4n) is 3.38. The molecule has 0 amide bonds. The molecule has 2 aliphatic rings. The Balaban J connectivity index is 1.36. The van der Waals surface area contributed by atoms with Gasteiger partial charge in [0.2, 0.25) is 0 Å². The van der Waals surface area contributed by atoms with Crippen LogP contribution in [0, 0.1) is 5.92 Å². The number of piperidine rings is 1. The summed E-state index contributed by atoms with van der Waals surface area (Å²) in [4.78, 5) is 2.45. The van der Waals surface area contributed by atoms with Gasteiger partial charge in [0, 0.05) is 6.04 Å². The molecule has 0 spiro atoms. The van der Waals surface area contributed by atoms with Gasteiger partial charge in [-0.1, -0.05) is 30.3 Å². The van der Waals surface area contributed by atoms with Crippen molar-refractivity contribution in [2.45, 2.75) is 37.6 Å². The van der Waals surface area contributed by atoms with Gasteiger partial charge in [-0.3, -0.25) is 0 Å². The topological polar surface area (TPSA) is 15.3 Å². The van der Waals surface area contributed by atoms with Crippen LogP contribution in [0.25, 0.3) is 0 Å². The third-order valence-electron chi connectivity index (χ3n) is 4.94. The molecule has 0 radical (unpaired) electrons. The first-order valence-corrected chi connectivity index (χ1v) is 7.78. The van der Waals surface area contributed by atoms with Crippen molar-refractivity contribution in [2.75, 3.05) is 26.7 Å². The van der Waals surface area contributed by atoms with E-state index in [1.807, 2.05) is 0 Å². The molecule has 0 bridgehead atoms. The van der Waals surface area contributed by atoms with Crippen LogP contribution in [-0.2, 0) is 0 Å². The van der Waals surface area contributed by atoms with Crippen molar-refractivity contribution in [3.8, 4) is 0 Å². The summed E-state index contributed by atoms with van der Waals surface area (Å²) >= 11 is 0. The zero-order chi connectivity index (χ0) is 13.1. The maximum Gasteiger partial charge on any atom is 0.00788 e. The Morgan fingerprint density at radius 1 is 1.11 bits per heavy atom. The zero-order valence-corrected chi connectivity index (χ0v) is 12.0. The van der Waals surface area contributed by atoms with Gasteiger partial charge < -0.3 is 10.2 Å². The van der Waals surface area contributed by atoms with Crippen LogP contribution in [0.1, 0.15) is 37.2 Å². The third kappa shape index (κ3) is 3.37. The lowest BCUT2D eigenvalue weighted by Gasteiger charge is -2.38. The fraction of sp³-hybridized carbons (Fsp3) is 0.647. The summed E-state index contributed by atoms with van der Waals surface area (Å²) in [7, 11) is 2.24. The first-order valence-electron chi connectivity index (χ1n) is 7.78. The van der Waals surface area contributed by atoms with Gasteiger partial charge in [0.15, 0.2) is 0 Å². The molecule has 1 heterocycles. The van der Waals surface area contributed by atoms with Crippen molar-refractivity contribution >= 4 is 0 Å². The van der Waals surface area contributed by atoms with Crippen LogP contribution < -0.4 is 5.32 Å². The second-order valence-corrected chi connectivity index (χ2v) is 6.43. The van der Waals surface area contributed by atoms with Crippen LogP contribution in [-0.4, -0.2) is 37.6 Å². The number of nitrogens with one attached hydrogen (secondary N) is 1. The smallest absolute Gasteiger partial charge is 0.00788 e. The highest BCUT2D eigenvalue weighted by Gasteiger charge is 2.30. The maximum atomic E-state index is 3.78. The molecule has 2 heteroatoms. The summed E-state index contributed by atoms with van der Waals surface area (Å²) in [5.74, 6) is 1.71. The lowest BCUT2D eigenvalue weighted by Crippen LogP contribution is -2.44. The van der Waals surface area contributed by atoms with Crippen molar-refractivity contribution in [1.29, 1.82) is 0 Å². The molecule has 1 aliphatic carbocycles. The molecule has 2 fully saturated rings. The summed E-state index contributed by atoms with van der Waals surface area (Å²) in [5, 5.41) is 3.78. The second-order valence-electron chi connectivity index (χ2n) is 6.43. The second kappa shape index (κ2) is 6.06. The number of rotatable bonds is 4. The number of hydrogen-bond acceptors (Lipinski definition) is 2. The fourth-order valence-corrected chi connectivity index (χ4v) is 3.38. The standard InChI is InChI=1S/C17H26N2/c1-19-9-7-14(8-10-19)13-18-17-11-16(12-17)15-5-3-2-4-6-15/h2-6,14,16-18H,7-13H2,1H3. The first kappa shape index (κ1) is 13.1. The molecule has 1 saturated heterocycles. The van der Waals surface area contributed by atoms with Crippen molar-refractivity contribution in [3.63, 3.8) is 0 Å². The van der Waals surface area contributed by atoms with E-state index < -0.39 is 0 Å². The predicted octanol–water partition coefficient (Wildman–Crippen LogP) is 2.86. The quantitative estimate of drug-likeness (QED) is 0.893. The molecule has 1 aliphatic heterocycles. The average molecular weight is 258 g/mol. The molecule has 1 saturated carbocycles. The van der Waals surface area contributed by atoms with Gasteiger partial charge in [0.25, 0.3) is 0 Å². The SMILES string of the molecule is CN1CCC(CNC2CC(c3ccccc3)C2)CC1. The van der Waals surface area contributed by atoms with Gasteiger partial charge in [-0.2, -0.15) is 0 Å². The predicted molar refractivity (Wildman–Crippen MR) is 80.4 cm³/mol. The van der Waals surface area contributed by atoms with E-state index in [-0.39, 0.29) is 0 Å². The first-order chi connectivity index (χ1) is 9.31. The lowest BCUT2D eigenvalue weighted by molar-refractivity contribution is 0.199. The van der Waals surface area contributed by atoms with Crippen LogP contribution in [0.2, 0.25) is 0 Å². The minimum absolute atomic E-state index is 0.768. The van der Waals surface area contributed by atoms with E-state index >= 15 is 0 Å². The summed E-state index contributed by atoms with van der Waals surface area (Å²) in [6, 6.07) is 11.8. The Labute approximate surface area is 117 Å². The van der Waals surface area contributed by atoms with E-state index in [1.165, 1.54) is 50.9 Å². The highest BCUT2D eigenvalue weighted by molar-refractivity contribution is 5.22. The Hall–Kier alpha value is -0.860. The Morgan fingerprint density at radius 3 is 2.47 bits per heavy atom. The molecule has 3 rings (SSSR count). The van der Waals surface area contributed by atoms with E-state index in [4.69, 9.17) is 0 Å². The van der Waals surface area contributed by atoms with Gasteiger partial charge in [0.1, 0.15) is 0 Å². The largest absolute Gasteiger partial charge is 0.314 e. The normalized spacial score (nSPS) is 29.1. The summed E-state index contributed by atoms with van der Waals surface area (Å²) in [6.07, 6.45) is 5.41. The van der Waals surface area contributed by atoms with Gasteiger partial charge in [-0.05, 0) is 69.8 Å². The number of hydrogen-bond donors (Lipinski definition) is 1. The summed E-state index contributed by atoms with van der Waals surface area (Å²) in [5.41, 5.74) is 1.53. The van der Waals surface area contributed by atoms with Crippen molar-refractivity contribution in [2.24, 2.45) is 5.92 Å². The van der Waals surface area contributed by atoms with Crippen molar-refractivity contribution in [1.82, 2.24) is 10.2 Å². The van der Waals surface area contributed by atoms with E-state index in [2.05, 4.69) is 47.6 Å². The average Bonchev–Trinajstić information content (AvgIpc) is 2.40. The van der Waals surface area contributed by atoms with Crippen molar-refractivity contribution in [3.05, 3.63) is 35.9 Å². The maximum absolute atomic E-state index is 3.78. The molecule has 19 heavy (non-hydrogen) atoms. The van der Waals surface area contributed by atoms with Gasteiger partial charge >= 0.3 is 0 Å². The molecule has 104 valence electrons. The highest BCUT2D eigenvalue weighted by Crippen LogP contribution is 2.36. The zero-order valence-electron chi connectivity index (χ0n) is 12.0. The molecule has 0 atom stereocenters. The van der Waals surface area contributed by atoms with Gasteiger partial charge in [-0.15, -0.1) is 0 Å². The third-order valence-corrected chi connectivity index (χ3v) is 4.94. The van der Waals surface area contributed by atoms with Crippen molar-refractivity contribution < 1.29 is 0 Å². The van der Waals surface area contributed by atoms with Gasteiger partial charge in [0.05, 0.1) is 0 Å². The van der Waals surface area contributed by atoms with E-state index in [9.17, 15) is 0 Å². The molecular weight excluding hydrogens is 232 g/mol. The molecule has 1 N–H and O–H groups in total. The minimum Gasteiger partial charge on any atom is -0.314 e. The summed E-state index contributed by atoms with van der Waals surface area (Å²) < 4.78 is 0. The number of nitrogens with zero attached hydrogens (tertiary/aromatic N) is 1.